The zero-order chi connectivity index (χ0) is 18.7. The average molecular weight is 395 g/mol. The van der Waals surface area contributed by atoms with E-state index in [-0.39, 0.29) is 29.8 Å². The van der Waals surface area contributed by atoms with Gasteiger partial charge < -0.3 is 19.9 Å². The van der Waals surface area contributed by atoms with Gasteiger partial charge in [0.2, 0.25) is 17.6 Å². The Bertz CT molecular complexity index is 761. The number of aryl methyl sites for hydroxylation is 1. The minimum atomic E-state index is -0.0556. The van der Waals surface area contributed by atoms with Gasteiger partial charge in [0, 0.05) is 37.5 Å². The van der Waals surface area contributed by atoms with Crippen molar-refractivity contribution >= 4 is 18.3 Å². The molecule has 0 aliphatic carbocycles. The van der Waals surface area contributed by atoms with Crippen LogP contribution in [0.15, 0.2) is 28.8 Å². The number of carbonyl (C=O) groups is 1. The van der Waals surface area contributed by atoms with Gasteiger partial charge in [0.15, 0.2) is 0 Å². The maximum Gasteiger partial charge on any atom is 0.227 e. The molecule has 0 radical (unpaired) electrons. The van der Waals surface area contributed by atoms with E-state index in [2.05, 4.69) is 24.0 Å². The molecule has 0 saturated carbocycles. The summed E-state index contributed by atoms with van der Waals surface area (Å²) in [6.07, 6.45) is 1.63. The van der Waals surface area contributed by atoms with Crippen molar-refractivity contribution in [2.45, 2.75) is 39.2 Å². The molecule has 2 aromatic rings. The summed E-state index contributed by atoms with van der Waals surface area (Å²) in [6, 6.07) is 7.57. The summed E-state index contributed by atoms with van der Waals surface area (Å²) in [6.45, 7) is 5.62. The highest BCUT2D eigenvalue weighted by atomic mass is 35.5. The number of hydrogen-bond acceptors (Lipinski definition) is 6. The summed E-state index contributed by atoms with van der Waals surface area (Å²) in [7, 11) is 1.62. The van der Waals surface area contributed by atoms with Gasteiger partial charge in [0.25, 0.3) is 0 Å². The first-order valence-corrected chi connectivity index (χ1v) is 8.89. The normalized spacial score (nSPS) is 18.7. The van der Waals surface area contributed by atoms with E-state index in [1.165, 1.54) is 0 Å². The van der Waals surface area contributed by atoms with E-state index in [0.29, 0.717) is 37.6 Å². The molecule has 0 spiro atoms. The van der Waals surface area contributed by atoms with Crippen LogP contribution in [0.1, 0.15) is 32.6 Å². The summed E-state index contributed by atoms with van der Waals surface area (Å²) in [4.78, 5) is 18.8. The molecular formula is C19H27ClN4O3. The van der Waals surface area contributed by atoms with Crippen LogP contribution in [0.25, 0.3) is 11.4 Å². The number of nitrogens with zero attached hydrogens (tertiary/aromatic N) is 3. The van der Waals surface area contributed by atoms with Crippen LogP contribution in [0, 0.1) is 5.41 Å². The first kappa shape index (κ1) is 21.2. The maximum atomic E-state index is 12.5. The van der Waals surface area contributed by atoms with E-state index < -0.39 is 0 Å². The fourth-order valence-electron chi connectivity index (χ4n) is 3.17. The van der Waals surface area contributed by atoms with Crippen LogP contribution in [0.5, 0.6) is 5.75 Å². The molecule has 1 atom stereocenters. The number of likely N-dealkylation sites (tertiary alicyclic amines) is 1. The molecule has 2 heterocycles. The second kappa shape index (κ2) is 8.71. The van der Waals surface area contributed by atoms with Crippen LogP contribution in [-0.4, -0.2) is 47.2 Å². The average Bonchev–Trinajstić information content (AvgIpc) is 3.11. The van der Waals surface area contributed by atoms with Crippen molar-refractivity contribution in [2.75, 3.05) is 20.2 Å². The molecule has 148 valence electrons. The number of carbonyl (C=O) groups excluding carboxylic acids is 1. The quantitative estimate of drug-likeness (QED) is 0.837. The van der Waals surface area contributed by atoms with Crippen molar-refractivity contribution in [1.29, 1.82) is 0 Å². The lowest BCUT2D eigenvalue weighted by molar-refractivity contribution is -0.134. The van der Waals surface area contributed by atoms with Gasteiger partial charge in [-0.1, -0.05) is 19.0 Å². The predicted molar refractivity (Wildman–Crippen MR) is 105 cm³/mol. The van der Waals surface area contributed by atoms with E-state index in [9.17, 15) is 4.79 Å². The van der Waals surface area contributed by atoms with Crippen molar-refractivity contribution in [2.24, 2.45) is 11.1 Å². The van der Waals surface area contributed by atoms with Crippen LogP contribution in [0.3, 0.4) is 0 Å². The highest BCUT2D eigenvalue weighted by molar-refractivity contribution is 5.85. The van der Waals surface area contributed by atoms with Gasteiger partial charge in [-0.05, 0) is 36.1 Å². The lowest BCUT2D eigenvalue weighted by Gasteiger charge is -2.42. The Kier molecular flexibility index (Phi) is 6.84. The Balaban J connectivity index is 0.00000261. The number of nitrogens with two attached hydrogens (primary N) is 1. The molecule has 0 bridgehead atoms. The fraction of sp³-hybridized carbons (Fsp3) is 0.526. The van der Waals surface area contributed by atoms with Crippen LogP contribution < -0.4 is 10.5 Å². The number of amides is 1. The molecule has 1 saturated heterocycles. The summed E-state index contributed by atoms with van der Waals surface area (Å²) in [5.74, 6) is 1.86. The zero-order valence-electron chi connectivity index (χ0n) is 16.0. The van der Waals surface area contributed by atoms with E-state index in [1.807, 2.05) is 29.2 Å². The van der Waals surface area contributed by atoms with Crippen molar-refractivity contribution < 1.29 is 14.1 Å². The highest BCUT2D eigenvalue weighted by Crippen LogP contribution is 2.28. The third-order valence-corrected chi connectivity index (χ3v) is 5.03. The topological polar surface area (TPSA) is 94.5 Å². The van der Waals surface area contributed by atoms with Gasteiger partial charge in [-0.25, -0.2) is 0 Å². The monoisotopic (exact) mass is 394 g/mol. The predicted octanol–water partition coefficient (Wildman–Crippen LogP) is 2.69. The Morgan fingerprint density at radius 2 is 2.07 bits per heavy atom. The highest BCUT2D eigenvalue weighted by Gasteiger charge is 2.35. The largest absolute Gasteiger partial charge is 0.497 e. The number of rotatable bonds is 5. The number of hydrogen-bond donors (Lipinski definition) is 1. The lowest BCUT2D eigenvalue weighted by Crippen LogP contribution is -2.54. The number of methoxy groups -OCH3 is 1. The molecule has 1 aliphatic rings. The molecule has 1 amide bonds. The van der Waals surface area contributed by atoms with Crippen molar-refractivity contribution in [3.05, 3.63) is 30.2 Å². The number of piperidine rings is 1. The third-order valence-electron chi connectivity index (χ3n) is 5.03. The van der Waals surface area contributed by atoms with Crippen molar-refractivity contribution in [1.82, 2.24) is 15.0 Å². The molecule has 1 aliphatic heterocycles. The minimum Gasteiger partial charge on any atom is -0.497 e. The molecule has 3 rings (SSSR count). The molecule has 8 heteroatoms. The SMILES string of the molecule is COc1ccc(-c2noc(CCC(=O)N3CCC(N)C(C)(C)C3)n2)cc1.Cl. The molecule has 7 nitrogen and oxygen atoms in total. The lowest BCUT2D eigenvalue weighted by atomic mass is 9.79. The smallest absolute Gasteiger partial charge is 0.227 e. The Morgan fingerprint density at radius 3 is 2.70 bits per heavy atom. The van der Waals surface area contributed by atoms with Gasteiger partial charge in [0.1, 0.15) is 5.75 Å². The standard InChI is InChI=1S/C19H26N4O3.ClH/c1-19(2)12-23(11-10-15(19)20)17(24)9-8-16-21-18(22-26-16)13-4-6-14(25-3)7-5-13;/h4-7,15H,8-12,20H2,1-3H3;1H. The molecular weight excluding hydrogens is 368 g/mol. The zero-order valence-corrected chi connectivity index (χ0v) is 16.8. The Labute approximate surface area is 165 Å². The minimum absolute atomic E-state index is 0. The van der Waals surface area contributed by atoms with Gasteiger partial charge in [0.05, 0.1) is 7.11 Å². The molecule has 1 aromatic heterocycles. The third kappa shape index (κ3) is 4.99. The second-order valence-corrected chi connectivity index (χ2v) is 7.44. The maximum absolute atomic E-state index is 12.5. The second-order valence-electron chi connectivity index (χ2n) is 7.44. The number of benzene rings is 1. The Hall–Kier alpha value is -2.12. The summed E-state index contributed by atoms with van der Waals surface area (Å²) >= 11 is 0. The first-order chi connectivity index (χ1) is 12.4. The number of ether oxygens (including phenoxy) is 1. The molecule has 2 N–H and O–H groups in total. The summed E-state index contributed by atoms with van der Waals surface area (Å²) < 4.78 is 10.4. The molecule has 1 aromatic carbocycles. The van der Waals surface area contributed by atoms with Crippen LogP contribution in [-0.2, 0) is 11.2 Å². The van der Waals surface area contributed by atoms with Crippen LogP contribution >= 0.6 is 12.4 Å². The van der Waals surface area contributed by atoms with Gasteiger partial charge in [-0.2, -0.15) is 4.98 Å². The number of aromatic nitrogens is 2. The van der Waals surface area contributed by atoms with E-state index >= 15 is 0 Å². The first-order valence-electron chi connectivity index (χ1n) is 8.89. The van der Waals surface area contributed by atoms with E-state index in [0.717, 1.165) is 17.7 Å². The molecule has 1 fully saturated rings. The molecule has 1 unspecified atom stereocenters. The van der Waals surface area contributed by atoms with E-state index in [4.69, 9.17) is 15.0 Å². The number of halogens is 1. The van der Waals surface area contributed by atoms with Gasteiger partial charge in [-0.3, -0.25) is 4.79 Å². The van der Waals surface area contributed by atoms with Gasteiger partial charge in [-0.15, -0.1) is 12.4 Å². The molecule has 27 heavy (non-hydrogen) atoms. The Morgan fingerprint density at radius 1 is 1.37 bits per heavy atom. The van der Waals surface area contributed by atoms with Crippen LogP contribution in [0.2, 0.25) is 0 Å². The summed E-state index contributed by atoms with van der Waals surface area (Å²) in [5.41, 5.74) is 6.93. The van der Waals surface area contributed by atoms with Crippen molar-refractivity contribution in [3.63, 3.8) is 0 Å². The van der Waals surface area contributed by atoms with E-state index in [1.54, 1.807) is 7.11 Å². The summed E-state index contributed by atoms with van der Waals surface area (Å²) in [5, 5.41) is 4.00. The van der Waals surface area contributed by atoms with Crippen LogP contribution in [0.4, 0.5) is 0 Å². The fourth-order valence-corrected chi connectivity index (χ4v) is 3.17. The van der Waals surface area contributed by atoms with Crippen molar-refractivity contribution in [3.8, 4) is 17.1 Å². The van der Waals surface area contributed by atoms with Gasteiger partial charge >= 0.3 is 0 Å².